The van der Waals surface area contributed by atoms with E-state index in [0.717, 1.165) is 24.0 Å². The molecule has 0 unspecified atom stereocenters. The van der Waals surface area contributed by atoms with Crippen molar-refractivity contribution in [2.24, 2.45) is 17.8 Å². The minimum atomic E-state index is -3.61. The fraction of sp³-hybridized carbons (Fsp3) is 0.500. The molecule has 1 amide bonds. The van der Waals surface area contributed by atoms with Gasteiger partial charge in [-0.3, -0.25) is 9.10 Å². The Morgan fingerprint density at radius 3 is 1.97 bits per heavy atom. The number of nitrogens with one attached hydrogen (secondary N) is 1. The minimum Gasteiger partial charge on any atom is -0.324 e. The molecule has 4 aliphatic carbocycles. The van der Waals surface area contributed by atoms with Crippen LogP contribution in [0.25, 0.3) is 0 Å². The van der Waals surface area contributed by atoms with Gasteiger partial charge in [0.15, 0.2) is 0 Å². The zero-order chi connectivity index (χ0) is 22.5. The summed E-state index contributed by atoms with van der Waals surface area (Å²) in [7, 11) is -3.61. The van der Waals surface area contributed by atoms with E-state index in [2.05, 4.69) is 17.4 Å². The molecule has 0 saturated heterocycles. The second-order valence-electron chi connectivity index (χ2n) is 10.3. The molecule has 0 aromatic heterocycles. The van der Waals surface area contributed by atoms with Crippen LogP contribution in [0.15, 0.2) is 54.6 Å². The lowest BCUT2D eigenvalue weighted by atomic mass is 9.48. The fourth-order valence-corrected chi connectivity index (χ4v) is 8.18. The maximum Gasteiger partial charge on any atom is 0.247 e. The molecule has 2 aromatic carbocycles. The smallest absolute Gasteiger partial charge is 0.247 e. The molecule has 0 radical (unpaired) electrons. The molecule has 4 bridgehead atoms. The molecule has 0 aliphatic heterocycles. The Labute approximate surface area is 191 Å². The Balaban J connectivity index is 1.32. The summed E-state index contributed by atoms with van der Waals surface area (Å²) in [6.07, 6.45) is 9.31. The molecule has 2 aromatic rings. The first-order valence-electron chi connectivity index (χ1n) is 11.7. The van der Waals surface area contributed by atoms with Gasteiger partial charge in [-0.25, -0.2) is 8.42 Å². The van der Waals surface area contributed by atoms with E-state index in [1.807, 2.05) is 18.2 Å². The molecule has 170 valence electrons. The topological polar surface area (TPSA) is 66.5 Å². The summed E-state index contributed by atoms with van der Waals surface area (Å²) in [6, 6.07) is 16.2. The molecule has 4 fully saturated rings. The lowest BCUT2D eigenvalue weighted by molar-refractivity contribution is -0.116. The number of para-hydroxylation sites is 1. The molecule has 32 heavy (non-hydrogen) atoms. The Morgan fingerprint density at radius 1 is 0.938 bits per heavy atom. The summed E-state index contributed by atoms with van der Waals surface area (Å²) in [5.41, 5.74) is 2.92. The van der Waals surface area contributed by atoms with Crippen molar-refractivity contribution in [3.63, 3.8) is 0 Å². The van der Waals surface area contributed by atoms with Gasteiger partial charge in [-0.1, -0.05) is 30.3 Å². The molecule has 6 rings (SSSR count). The van der Waals surface area contributed by atoms with Gasteiger partial charge in [0.2, 0.25) is 15.9 Å². The van der Waals surface area contributed by atoms with Gasteiger partial charge < -0.3 is 5.32 Å². The Kier molecular flexibility index (Phi) is 5.31. The highest BCUT2D eigenvalue weighted by Gasteiger charge is 2.51. The number of hydrogen-bond acceptors (Lipinski definition) is 3. The molecule has 1 atom stereocenters. The van der Waals surface area contributed by atoms with Crippen LogP contribution < -0.4 is 9.62 Å². The zero-order valence-corrected chi connectivity index (χ0v) is 19.6. The van der Waals surface area contributed by atoms with E-state index in [-0.39, 0.29) is 5.91 Å². The predicted molar refractivity (Wildman–Crippen MR) is 128 cm³/mol. The largest absolute Gasteiger partial charge is 0.324 e. The van der Waals surface area contributed by atoms with Crippen LogP contribution in [0.2, 0.25) is 0 Å². The first kappa shape index (κ1) is 21.5. The highest BCUT2D eigenvalue weighted by molar-refractivity contribution is 7.92. The van der Waals surface area contributed by atoms with Crippen molar-refractivity contribution in [1.82, 2.24) is 0 Å². The molecular formula is C26H32N2O3S. The number of carbonyl (C=O) groups excluding carboxylic acids is 1. The lowest BCUT2D eigenvalue weighted by Gasteiger charge is -2.57. The highest BCUT2D eigenvalue weighted by Crippen LogP contribution is 2.60. The number of benzene rings is 2. The van der Waals surface area contributed by atoms with Crippen molar-refractivity contribution in [3.05, 3.63) is 60.2 Å². The number of rotatable bonds is 6. The lowest BCUT2D eigenvalue weighted by Crippen LogP contribution is -2.48. The molecule has 4 saturated carbocycles. The molecule has 0 heterocycles. The van der Waals surface area contributed by atoms with Crippen LogP contribution in [-0.4, -0.2) is 26.6 Å². The number of hydrogen-bond donors (Lipinski definition) is 1. The van der Waals surface area contributed by atoms with Crippen molar-refractivity contribution >= 4 is 27.3 Å². The first-order chi connectivity index (χ1) is 15.2. The monoisotopic (exact) mass is 452 g/mol. The van der Waals surface area contributed by atoms with Crippen LogP contribution in [0.4, 0.5) is 11.4 Å². The van der Waals surface area contributed by atoms with E-state index in [1.165, 1.54) is 48.4 Å². The average Bonchev–Trinajstić information content (AvgIpc) is 2.73. The normalized spacial score (nSPS) is 29.5. The van der Waals surface area contributed by atoms with Crippen LogP contribution in [0.1, 0.15) is 51.0 Å². The van der Waals surface area contributed by atoms with E-state index >= 15 is 0 Å². The second-order valence-corrected chi connectivity index (χ2v) is 12.2. The molecule has 5 nitrogen and oxygen atoms in total. The summed E-state index contributed by atoms with van der Waals surface area (Å²) in [6.45, 7) is 1.62. The SMILES string of the molecule is C[C@@H](C(=O)Nc1ccc(C23CC4CC(CC(C4)C2)C3)cc1)N(c1ccccc1)S(C)(=O)=O. The zero-order valence-electron chi connectivity index (χ0n) is 18.8. The molecule has 1 N–H and O–H groups in total. The van der Waals surface area contributed by atoms with Crippen molar-refractivity contribution in [2.75, 3.05) is 15.9 Å². The average molecular weight is 453 g/mol. The van der Waals surface area contributed by atoms with Crippen LogP contribution in [0, 0.1) is 17.8 Å². The van der Waals surface area contributed by atoms with Gasteiger partial charge in [-0.15, -0.1) is 0 Å². The summed E-state index contributed by atoms with van der Waals surface area (Å²) in [5, 5.41) is 2.92. The maximum atomic E-state index is 13.0. The number of carbonyl (C=O) groups is 1. The molecular weight excluding hydrogens is 420 g/mol. The standard InChI is InChI=1S/C26H32N2O3S/c1-18(28(32(2,30)31)24-6-4-3-5-7-24)25(29)27-23-10-8-22(9-11-23)26-15-19-12-20(16-26)14-21(13-19)17-26/h3-11,18-21H,12-17H2,1-2H3,(H,27,29)/t18-,19?,20?,21?,26?/m0/s1. The van der Waals surface area contributed by atoms with Gasteiger partial charge in [-0.05, 0) is 98.4 Å². The van der Waals surface area contributed by atoms with Crippen molar-refractivity contribution < 1.29 is 13.2 Å². The summed E-state index contributed by atoms with van der Waals surface area (Å²) in [5.74, 6) is 2.33. The summed E-state index contributed by atoms with van der Waals surface area (Å²) in [4.78, 5) is 13.0. The van der Waals surface area contributed by atoms with Crippen LogP contribution >= 0.6 is 0 Å². The van der Waals surface area contributed by atoms with E-state index in [1.54, 1.807) is 31.2 Å². The van der Waals surface area contributed by atoms with E-state index in [9.17, 15) is 13.2 Å². The molecule has 6 heteroatoms. The van der Waals surface area contributed by atoms with E-state index in [4.69, 9.17) is 0 Å². The summed E-state index contributed by atoms with van der Waals surface area (Å²) < 4.78 is 26.0. The number of amides is 1. The van der Waals surface area contributed by atoms with Crippen molar-refractivity contribution in [3.8, 4) is 0 Å². The van der Waals surface area contributed by atoms with Crippen LogP contribution in [0.5, 0.6) is 0 Å². The third-order valence-corrected chi connectivity index (χ3v) is 9.14. The third-order valence-electron chi connectivity index (χ3n) is 7.90. The predicted octanol–water partition coefficient (Wildman–Crippen LogP) is 4.95. The second kappa shape index (κ2) is 7.91. The van der Waals surface area contributed by atoms with Gasteiger partial charge in [-0.2, -0.15) is 0 Å². The highest BCUT2D eigenvalue weighted by atomic mass is 32.2. The molecule has 4 aliphatic rings. The summed E-state index contributed by atoms with van der Waals surface area (Å²) >= 11 is 0. The molecule has 0 spiro atoms. The van der Waals surface area contributed by atoms with Crippen LogP contribution in [-0.2, 0) is 20.2 Å². The fourth-order valence-electron chi connectivity index (χ4n) is 7.00. The third kappa shape index (κ3) is 3.94. The maximum absolute atomic E-state index is 13.0. The van der Waals surface area contributed by atoms with Gasteiger partial charge in [0.25, 0.3) is 0 Å². The van der Waals surface area contributed by atoms with E-state index < -0.39 is 16.1 Å². The quantitative estimate of drug-likeness (QED) is 0.675. The van der Waals surface area contributed by atoms with Gasteiger partial charge >= 0.3 is 0 Å². The van der Waals surface area contributed by atoms with Gasteiger partial charge in [0, 0.05) is 5.69 Å². The Hall–Kier alpha value is -2.34. The van der Waals surface area contributed by atoms with Crippen LogP contribution in [0.3, 0.4) is 0 Å². The number of sulfonamides is 1. The van der Waals surface area contributed by atoms with Gasteiger partial charge in [0.05, 0.1) is 11.9 Å². The minimum absolute atomic E-state index is 0.324. The first-order valence-corrected chi connectivity index (χ1v) is 13.5. The Bertz CT molecular complexity index is 1060. The number of nitrogens with zero attached hydrogens (tertiary/aromatic N) is 1. The van der Waals surface area contributed by atoms with Gasteiger partial charge in [0.1, 0.15) is 6.04 Å². The van der Waals surface area contributed by atoms with Crippen molar-refractivity contribution in [2.45, 2.75) is 56.9 Å². The number of anilines is 2. The van der Waals surface area contributed by atoms with Crippen molar-refractivity contribution in [1.29, 1.82) is 0 Å². The van der Waals surface area contributed by atoms with E-state index in [0.29, 0.717) is 16.8 Å². The Morgan fingerprint density at radius 2 is 1.47 bits per heavy atom.